The number of sulfonamides is 1. The van der Waals surface area contributed by atoms with E-state index in [0.29, 0.717) is 30.7 Å². The van der Waals surface area contributed by atoms with Gasteiger partial charge in [-0.25, -0.2) is 12.8 Å². The lowest BCUT2D eigenvalue weighted by Crippen LogP contribution is -2.41. The molecule has 0 bridgehead atoms. The monoisotopic (exact) mass is 448 g/mol. The van der Waals surface area contributed by atoms with Gasteiger partial charge in [-0.05, 0) is 51.0 Å². The van der Waals surface area contributed by atoms with Gasteiger partial charge in [0.2, 0.25) is 15.9 Å². The maximum absolute atomic E-state index is 14.0. The van der Waals surface area contributed by atoms with Crippen LogP contribution >= 0.6 is 0 Å². The Bertz CT molecular complexity index is 1060. The number of hydrogen-bond donors (Lipinski definition) is 1. The number of nitrogens with one attached hydrogen (secondary N) is 1. The molecule has 1 aliphatic rings. The molecule has 2 aromatic carbocycles. The van der Waals surface area contributed by atoms with Crippen molar-refractivity contribution in [1.82, 2.24) is 4.31 Å². The summed E-state index contributed by atoms with van der Waals surface area (Å²) in [6.45, 7) is 3.91. The maximum atomic E-state index is 14.0. The zero-order chi connectivity index (χ0) is 22.6. The zero-order valence-electron chi connectivity index (χ0n) is 17.4. The highest BCUT2D eigenvalue weighted by molar-refractivity contribution is 7.89. The van der Waals surface area contributed by atoms with Gasteiger partial charge in [0.05, 0.1) is 11.5 Å². The molecule has 3 rings (SSSR count). The Morgan fingerprint density at radius 1 is 1.13 bits per heavy atom. The van der Waals surface area contributed by atoms with Crippen LogP contribution in [0.25, 0.3) is 0 Å². The lowest BCUT2D eigenvalue weighted by molar-refractivity contribution is -0.120. The minimum Gasteiger partial charge on any atom is -0.491 e. The maximum Gasteiger partial charge on any atom is 0.243 e. The molecule has 1 amide bonds. The molecule has 1 saturated heterocycles. The van der Waals surface area contributed by atoms with E-state index in [-0.39, 0.29) is 41.3 Å². The van der Waals surface area contributed by atoms with Gasteiger partial charge in [0.1, 0.15) is 0 Å². The quantitative estimate of drug-likeness (QED) is 0.655. The molecule has 0 unspecified atom stereocenters. The zero-order valence-corrected chi connectivity index (χ0v) is 18.2. The first-order valence-corrected chi connectivity index (χ1v) is 11.5. The third-order valence-corrected chi connectivity index (χ3v) is 7.14. The van der Waals surface area contributed by atoms with Crippen molar-refractivity contribution in [1.29, 1.82) is 0 Å². The molecule has 1 fully saturated rings. The summed E-state index contributed by atoms with van der Waals surface area (Å²) in [6, 6.07) is 10.1. The summed E-state index contributed by atoms with van der Waals surface area (Å²) in [5, 5.41) is 2.69. The van der Waals surface area contributed by atoms with Crippen molar-refractivity contribution in [2.75, 3.05) is 25.0 Å². The fraction of sp³-hybridized carbons (Fsp3) is 0.364. The van der Waals surface area contributed by atoms with Gasteiger partial charge in [-0.3, -0.25) is 9.59 Å². The molecule has 0 spiro atoms. The van der Waals surface area contributed by atoms with Crippen molar-refractivity contribution in [3.8, 4) is 5.75 Å². The molecule has 166 valence electrons. The van der Waals surface area contributed by atoms with Gasteiger partial charge in [-0.2, -0.15) is 4.31 Å². The summed E-state index contributed by atoms with van der Waals surface area (Å²) in [5.74, 6) is -1.22. The average molecular weight is 449 g/mol. The van der Waals surface area contributed by atoms with Crippen LogP contribution in [0.15, 0.2) is 47.4 Å². The number of hydrogen-bond acceptors (Lipinski definition) is 5. The molecule has 2 aromatic rings. The van der Waals surface area contributed by atoms with E-state index in [2.05, 4.69) is 5.32 Å². The molecule has 31 heavy (non-hydrogen) atoms. The smallest absolute Gasteiger partial charge is 0.243 e. The van der Waals surface area contributed by atoms with Crippen molar-refractivity contribution in [3.63, 3.8) is 0 Å². The highest BCUT2D eigenvalue weighted by Crippen LogP contribution is 2.26. The number of rotatable bonds is 7. The van der Waals surface area contributed by atoms with Crippen LogP contribution < -0.4 is 10.1 Å². The minimum atomic E-state index is -3.70. The fourth-order valence-corrected chi connectivity index (χ4v) is 4.93. The van der Waals surface area contributed by atoms with E-state index in [9.17, 15) is 22.4 Å². The number of anilines is 1. The van der Waals surface area contributed by atoms with E-state index in [1.54, 1.807) is 13.0 Å². The number of carbonyl (C=O) groups excluding carboxylic acids is 2. The predicted octanol–water partition coefficient (Wildman–Crippen LogP) is 3.47. The van der Waals surface area contributed by atoms with E-state index in [1.165, 1.54) is 47.6 Å². The summed E-state index contributed by atoms with van der Waals surface area (Å²) in [6.07, 6.45) is 0.714. The Kier molecular flexibility index (Phi) is 7.07. The molecule has 0 aromatic heterocycles. The van der Waals surface area contributed by atoms with Gasteiger partial charge in [-0.15, -0.1) is 0 Å². The molecule has 0 aliphatic carbocycles. The number of halogens is 1. The van der Waals surface area contributed by atoms with Gasteiger partial charge in [0, 0.05) is 36.3 Å². The SMILES string of the molecule is CCOc1ccc(NC(=O)C2CCN(S(=O)(=O)c3ccc(C(C)=O)cc3)CC2)cc1F. The molecular formula is C22H25FN2O5S. The molecule has 1 N–H and O–H groups in total. The molecule has 0 radical (unpaired) electrons. The lowest BCUT2D eigenvalue weighted by atomic mass is 9.97. The second-order valence-corrected chi connectivity index (χ2v) is 9.26. The van der Waals surface area contributed by atoms with Gasteiger partial charge >= 0.3 is 0 Å². The van der Waals surface area contributed by atoms with Crippen molar-refractivity contribution in [2.24, 2.45) is 5.92 Å². The molecule has 9 heteroatoms. The summed E-state index contributed by atoms with van der Waals surface area (Å²) < 4.78 is 46.2. The molecule has 0 saturated carbocycles. The van der Waals surface area contributed by atoms with E-state index in [4.69, 9.17) is 4.74 Å². The normalized spacial score (nSPS) is 15.5. The van der Waals surface area contributed by atoms with Gasteiger partial charge in [-0.1, -0.05) is 12.1 Å². The van der Waals surface area contributed by atoms with E-state index >= 15 is 0 Å². The van der Waals surface area contributed by atoms with Gasteiger partial charge in [0.25, 0.3) is 0 Å². The standard InChI is InChI=1S/C22H25FN2O5S/c1-3-30-21-9-6-18(14-20(21)23)24-22(27)17-10-12-25(13-11-17)31(28,29)19-7-4-16(5-8-19)15(2)26/h4-9,14,17H,3,10-13H2,1-2H3,(H,24,27). The summed E-state index contributed by atoms with van der Waals surface area (Å²) in [4.78, 5) is 24.0. The Balaban J connectivity index is 1.60. The lowest BCUT2D eigenvalue weighted by Gasteiger charge is -2.30. The average Bonchev–Trinajstić information content (AvgIpc) is 2.76. The van der Waals surface area contributed by atoms with E-state index in [0.717, 1.165) is 0 Å². The third-order valence-electron chi connectivity index (χ3n) is 5.22. The number of benzene rings is 2. The first-order chi connectivity index (χ1) is 14.7. The number of ketones is 1. The second-order valence-electron chi connectivity index (χ2n) is 7.33. The van der Waals surface area contributed by atoms with Gasteiger partial charge in [0.15, 0.2) is 17.3 Å². The fourth-order valence-electron chi connectivity index (χ4n) is 3.46. The van der Waals surface area contributed by atoms with Gasteiger partial charge < -0.3 is 10.1 Å². The van der Waals surface area contributed by atoms with Crippen LogP contribution in [-0.2, 0) is 14.8 Å². The van der Waals surface area contributed by atoms with Crippen molar-refractivity contribution < 1.29 is 27.1 Å². The number of carbonyl (C=O) groups is 2. The van der Waals surface area contributed by atoms with Crippen LogP contribution in [0, 0.1) is 11.7 Å². The Hall–Kier alpha value is -2.78. The number of Topliss-reactive ketones (excluding diaryl/α,β-unsaturated/α-hetero) is 1. The Labute approximate surface area is 181 Å². The molecule has 1 heterocycles. The summed E-state index contributed by atoms with van der Waals surface area (Å²) >= 11 is 0. The van der Waals surface area contributed by atoms with Crippen LogP contribution in [-0.4, -0.2) is 44.1 Å². The molecular weight excluding hydrogens is 423 g/mol. The summed E-state index contributed by atoms with van der Waals surface area (Å²) in [5.41, 5.74) is 0.770. The largest absolute Gasteiger partial charge is 0.491 e. The topological polar surface area (TPSA) is 92.8 Å². The first-order valence-electron chi connectivity index (χ1n) is 10.1. The van der Waals surface area contributed by atoms with Crippen LogP contribution in [0.1, 0.15) is 37.0 Å². The van der Waals surface area contributed by atoms with Crippen LogP contribution in [0.2, 0.25) is 0 Å². The van der Waals surface area contributed by atoms with Crippen molar-refractivity contribution in [3.05, 3.63) is 53.8 Å². The number of amides is 1. The molecule has 7 nitrogen and oxygen atoms in total. The number of ether oxygens (including phenoxy) is 1. The Morgan fingerprint density at radius 2 is 1.77 bits per heavy atom. The highest BCUT2D eigenvalue weighted by atomic mass is 32.2. The third kappa shape index (κ3) is 5.29. The Morgan fingerprint density at radius 3 is 2.32 bits per heavy atom. The van der Waals surface area contributed by atoms with E-state index in [1.807, 2.05) is 0 Å². The van der Waals surface area contributed by atoms with Crippen LogP contribution in [0.5, 0.6) is 5.75 Å². The minimum absolute atomic E-state index is 0.116. The first kappa shape index (κ1) is 22.9. The highest BCUT2D eigenvalue weighted by Gasteiger charge is 2.32. The number of nitrogens with zero attached hydrogens (tertiary/aromatic N) is 1. The van der Waals surface area contributed by atoms with E-state index < -0.39 is 15.8 Å². The predicted molar refractivity (Wildman–Crippen MR) is 114 cm³/mol. The van der Waals surface area contributed by atoms with Crippen molar-refractivity contribution in [2.45, 2.75) is 31.6 Å². The van der Waals surface area contributed by atoms with Crippen molar-refractivity contribution >= 4 is 27.4 Å². The summed E-state index contributed by atoms with van der Waals surface area (Å²) in [7, 11) is -3.70. The van der Waals surface area contributed by atoms with Crippen LogP contribution in [0.4, 0.5) is 10.1 Å². The molecule has 1 aliphatic heterocycles. The molecule has 0 atom stereocenters. The second kappa shape index (κ2) is 9.57. The van der Waals surface area contributed by atoms with Crippen LogP contribution in [0.3, 0.4) is 0 Å². The number of piperidine rings is 1.